The van der Waals surface area contributed by atoms with Crippen LogP contribution in [0.25, 0.3) is 0 Å². The van der Waals surface area contributed by atoms with E-state index in [1.165, 1.54) is 6.21 Å². The van der Waals surface area contributed by atoms with Gasteiger partial charge in [0, 0.05) is 12.8 Å². The normalized spacial score (nSPS) is 10.6. The highest BCUT2D eigenvalue weighted by Crippen LogP contribution is 1.92. The maximum Gasteiger partial charge on any atom is 0.320 e. The minimum Gasteiger partial charge on any atom is -0.480 e. The molecule has 0 saturated carbocycles. The molecule has 0 spiro atoms. The van der Waals surface area contributed by atoms with E-state index in [0.29, 0.717) is 19.5 Å². The first-order valence-corrected chi connectivity index (χ1v) is 3.86. The van der Waals surface area contributed by atoms with Gasteiger partial charge in [-0.15, -0.1) is 24.8 Å². The Labute approximate surface area is 95.8 Å². The Morgan fingerprint density at radius 3 is 2.57 bits per heavy atom. The fourth-order valence-electron chi connectivity index (χ4n) is 0.745. The first-order valence-electron chi connectivity index (χ1n) is 3.86. The van der Waals surface area contributed by atoms with Gasteiger partial charge in [-0.2, -0.15) is 0 Å². The highest BCUT2D eigenvalue weighted by molar-refractivity contribution is 5.85. The Morgan fingerprint density at radius 2 is 2.14 bits per heavy atom. The molecule has 0 aliphatic rings. The summed E-state index contributed by atoms with van der Waals surface area (Å²) in [5.41, 5.74) is 5.26. The van der Waals surface area contributed by atoms with Crippen LogP contribution in [0, 0.1) is 5.41 Å². The van der Waals surface area contributed by atoms with Crippen LogP contribution in [0.4, 0.5) is 0 Å². The van der Waals surface area contributed by atoms with E-state index in [1.54, 1.807) is 0 Å². The molecule has 5 N–H and O–H groups in total. The number of carboxylic acid groups (broad SMARTS) is 1. The molecule has 0 fully saturated rings. The maximum atomic E-state index is 10.2. The molecule has 7 heteroatoms. The van der Waals surface area contributed by atoms with Crippen molar-refractivity contribution < 1.29 is 9.90 Å². The number of aliphatic carboxylic acids is 1. The molecule has 0 amide bonds. The van der Waals surface area contributed by atoms with Gasteiger partial charge in [-0.3, -0.25) is 4.79 Å². The third-order valence-electron chi connectivity index (χ3n) is 1.43. The van der Waals surface area contributed by atoms with E-state index in [9.17, 15) is 4.79 Å². The van der Waals surface area contributed by atoms with Gasteiger partial charge in [-0.05, 0) is 19.4 Å². The predicted molar refractivity (Wildman–Crippen MR) is 61.0 cm³/mol. The third kappa shape index (κ3) is 11.6. The predicted octanol–water partition coefficient (Wildman–Crippen LogP) is 0.261. The summed E-state index contributed by atoms with van der Waals surface area (Å²) in [6.07, 6.45) is 2.46. The van der Waals surface area contributed by atoms with Crippen molar-refractivity contribution in [1.82, 2.24) is 5.32 Å². The van der Waals surface area contributed by atoms with Crippen LogP contribution in [0.15, 0.2) is 0 Å². The Morgan fingerprint density at radius 1 is 1.57 bits per heavy atom. The van der Waals surface area contributed by atoms with Crippen molar-refractivity contribution in [2.45, 2.75) is 18.9 Å². The molecule has 0 aromatic heterocycles. The van der Waals surface area contributed by atoms with Crippen molar-refractivity contribution in [3.05, 3.63) is 0 Å². The maximum absolute atomic E-state index is 10.2. The van der Waals surface area contributed by atoms with Gasteiger partial charge in [0.05, 0.1) is 0 Å². The van der Waals surface area contributed by atoms with E-state index in [1.807, 2.05) is 0 Å². The smallest absolute Gasteiger partial charge is 0.320 e. The molecular formula is C7H17Cl2N3O2. The quantitative estimate of drug-likeness (QED) is 0.382. The van der Waals surface area contributed by atoms with Gasteiger partial charge < -0.3 is 21.6 Å². The van der Waals surface area contributed by atoms with Crippen LogP contribution in [-0.2, 0) is 4.79 Å². The largest absolute Gasteiger partial charge is 0.480 e. The lowest BCUT2D eigenvalue weighted by atomic mass is 10.2. The summed E-state index contributed by atoms with van der Waals surface area (Å²) in [6, 6.07) is -0.758. The number of nitrogens with two attached hydrogens (primary N) is 1. The van der Waals surface area contributed by atoms with E-state index < -0.39 is 12.0 Å². The molecule has 0 aliphatic heterocycles. The van der Waals surface area contributed by atoms with Crippen LogP contribution in [0.1, 0.15) is 12.8 Å². The van der Waals surface area contributed by atoms with Crippen molar-refractivity contribution in [3.8, 4) is 0 Å². The summed E-state index contributed by atoms with van der Waals surface area (Å²) in [5.74, 6) is -0.956. The van der Waals surface area contributed by atoms with Crippen LogP contribution in [0.3, 0.4) is 0 Å². The van der Waals surface area contributed by atoms with Gasteiger partial charge in [0.1, 0.15) is 6.04 Å². The van der Waals surface area contributed by atoms with Gasteiger partial charge in [-0.25, -0.2) is 0 Å². The zero-order chi connectivity index (χ0) is 9.40. The molecule has 0 aliphatic carbocycles. The van der Waals surface area contributed by atoms with Crippen molar-refractivity contribution in [1.29, 1.82) is 5.41 Å². The molecule has 0 radical (unpaired) electrons. The molecule has 86 valence electrons. The van der Waals surface area contributed by atoms with Crippen LogP contribution < -0.4 is 11.1 Å². The minimum atomic E-state index is -0.956. The standard InChI is InChI=1S/C7H15N3O2.2ClH/c8-3-5-10-4-1-2-6(9)7(11)12;;/h3,6,8,10H,1-2,4-5,9H2,(H,11,12);2*1H. The Balaban J connectivity index is -0.000000605. The molecule has 0 saturated heterocycles. The average molecular weight is 246 g/mol. The summed E-state index contributed by atoms with van der Waals surface area (Å²) in [4.78, 5) is 10.2. The van der Waals surface area contributed by atoms with Gasteiger partial charge in [0.25, 0.3) is 0 Å². The zero-order valence-corrected chi connectivity index (χ0v) is 9.37. The van der Waals surface area contributed by atoms with Crippen molar-refractivity contribution in [2.75, 3.05) is 13.1 Å². The fourth-order valence-corrected chi connectivity index (χ4v) is 0.745. The van der Waals surface area contributed by atoms with Crippen molar-refractivity contribution >= 4 is 37.0 Å². The number of hydrogen-bond acceptors (Lipinski definition) is 4. The molecule has 0 bridgehead atoms. The molecule has 0 aromatic carbocycles. The molecule has 1 atom stereocenters. The molecule has 14 heavy (non-hydrogen) atoms. The van der Waals surface area contributed by atoms with Crippen LogP contribution >= 0.6 is 24.8 Å². The average Bonchev–Trinajstić information content (AvgIpc) is 2.03. The second kappa shape index (κ2) is 12.6. The topological polar surface area (TPSA) is 99.2 Å². The summed E-state index contributed by atoms with van der Waals surface area (Å²) >= 11 is 0. The first kappa shape index (κ1) is 19.2. The number of hydrogen-bond donors (Lipinski definition) is 4. The lowest BCUT2D eigenvalue weighted by Crippen LogP contribution is -2.31. The number of carboxylic acids is 1. The van der Waals surface area contributed by atoms with Crippen molar-refractivity contribution in [2.24, 2.45) is 5.73 Å². The fraction of sp³-hybridized carbons (Fsp3) is 0.714. The van der Waals surface area contributed by atoms with Crippen LogP contribution in [0.2, 0.25) is 0 Å². The second-order valence-electron chi connectivity index (χ2n) is 2.50. The number of carbonyl (C=O) groups is 1. The van der Waals surface area contributed by atoms with Gasteiger partial charge in [-0.1, -0.05) is 0 Å². The lowest BCUT2D eigenvalue weighted by molar-refractivity contribution is -0.138. The molecule has 0 rings (SSSR count). The van der Waals surface area contributed by atoms with Crippen LogP contribution in [0.5, 0.6) is 0 Å². The Bertz CT molecular complexity index is 158. The summed E-state index contributed by atoms with van der Waals surface area (Å²) in [5, 5.41) is 18.0. The highest BCUT2D eigenvalue weighted by atomic mass is 35.5. The molecule has 0 heterocycles. The van der Waals surface area contributed by atoms with E-state index in [0.717, 1.165) is 6.42 Å². The molecule has 0 aromatic rings. The van der Waals surface area contributed by atoms with Gasteiger partial charge in [0.15, 0.2) is 0 Å². The first-order chi connectivity index (χ1) is 5.68. The number of nitrogens with one attached hydrogen (secondary N) is 2. The van der Waals surface area contributed by atoms with E-state index in [4.69, 9.17) is 16.2 Å². The number of halogens is 2. The summed E-state index contributed by atoms with van der Waals surface area (Å²) in [6.45, 7) is 1.23. The lowest BCUT2D eigenvalue weighted by Gasteiger charge is -2.05. The highest BCUT2D eigenvalue weighted by Gasteiger charge is 2.09. The molecule has 5 nitrogen and oxygen atoms in total. The minimum absolute atomic E-state index is 0. The second-order valence-corrected chi connectivity index (χ2v) is 2.50. The van der Waals surface area contributed by atoms with Gasteiger partial charge in [0.2, 0.25) is 0 Å². The molecular weight excluding hydrogens is 229 g/mol. The number of rotatable bonds is 7. The van der Waals surface area contributed by atoms with Crippen LogP contribution in [-0.4, -0.2) is 36.4 Å². The Kier molecular flexibility index (Phi) is 17.4. The monoisotopic (exact) mass is 245 g/mol. The SMILES string of the molecule is Cl.Cl.N=CCNCCCC(N)C(=O)O. The Hall–Kier alpha value is -0.360. The summed E-state index contributed by atoms with van der Waals surface area (Å²) < 4.78 is 0. The zero-order valence-electron chi connectivity index (χ0n) is 7.73. The summed E-state index contributed by atoms with van der Waals surface area (Å²) in [7, 11) is 0. The van der Waals surface area contributed by atoms with E-state index in [-0.39, 0.29) is 24.8 Å². The third-order valence-corrected chi connectivity index (χ3v) is 1.43. The van der Waals surface area contributed by atoms with Gasteiger partial charge >= 0.3 is 5.97 Å². The van der Waals surface area contributed by atoms with Crippen molar-refractivity contribution in [3.63, 3.8) is 0 Å². The van der Waals surface area contributed by atoms with E-state index >= 15 is 0 Å². The molecule has 1 unspecified atom stereocenters. The van der Waals surface area contributed by atoms with E-state index in [2.05, 4.69) is 5.32 Å².